The summed E-state index contributed by atoms with van der Waals surface area (Å²) < 4.78 is 0. The van der Waals surface area contributed by atoms with Crippen LogP contribution in [0.15, 0.2) is 18.2 Å². The molecule has 0 unspecified atom stereocenters. The highest BCUT2D eigenvalue weighted by Gasteiger charge is 2.02. The van der Waals surface area contributed by atoms with Gasteiger partial charge in [0.15, 0.2) is 0 Å². The number of nitrogens with zero attached hydrogens (tertiary/aromatic N) is 1. The van der Waals surface area contributed by atoms with E-state index in [1.807, 2.05) is 25.1 Å². The minimum absolute atomic E-state index is 0.0691. The zero-order chi connectivity index (χ0) is 12.5. The second-order valence-electron chi connectivity index (χ2n) is 4.38. The van der Waals surface area contributed by atoms with Gasteiger partial charge in [0.1, 0.15) is 5.82 Å². The lowest BCUT2D eigenvalue weighted by atomic mass is 10.1. The van der Waals surface area contributed by atoms with Crippen molar-refractivity contribution < 1.29 is 4.79 Å². The smallest absolute Gasteiger partial charge is 0.225 e. The summed E-state index contributed by atoms with van der Waals surface area (Å²) in [5, 5.41) is 2.82. The molecule has 0 aromatic carbocycles. The minimum atomic E-state index is 0.0691. The summed E-state index contributed by atoms with van der Waals surface area (Å²) in [6.07, 6.45) is 6.44. The van der Waals surface area contributed by atoms with E-state index in [0.717, 1.165) is 18.5 Å². The molecule has 1 aromatic heterocycles. The number of anilines is 1. The molecule has 0 saturated heterocycles. The fourth-order valence-corrected chi connectivity index (χ4v) is 1.71. The van der Waals surface area contributed by atoms with Crippen LogP contribution in [0.2, 0.25) is 0 Å². The van der Waals surface area contributed by atoms with Gasteiger partial charge >= 0.3 is 0 Å². The Balaban J connectivity index is 2.21. The zero-order valence-electron chi connectivity index (χ0n) is 10.8. The molecule has 0 radical (unpaired) electrons. The number of aromatic nitrogens is 1. The molecule has 0 fully saturated rings. The topological polar surface area (TPSA) is 42.0 Å². The van der Waals surface area contributed by atoms with Gasteiger partial charge in [-0.1, -0.05) is 38.7 Å². The van der Waals surface area contributed by atoms with Crippen molar-refractivity contribution in [2.75, 3.05) is 5.32 Å². The predicted molar refractivity (Wildman–Crippen MR) is 71.0 cm³/mol. The summed E-state index contributed by atoms with van der Waals surface area (Å²) in [6, 6.07) is 5.64. The molecule has 1 aromatic rings. The Morgan fingerprint density at radius 2 is 2.00 bits per heavy atom. The molecule has 0 aliphatic carbocycles. The summed E-state index contributed by atoms with van der Waals surface area (Å²) in [5.41, 5.74) is 0.922. The Bertz CT molecular complexity index is 350. The molecule has 0 bridgehead atoms. The molecule has 1 rings (SSSR count). The first-order valence-corrected chi connectivity index (χ1v) is 6.46. The van der Waals surface area contributed by atoms with Gasteiger partial charge in [0.2, 0.25) is 5.91 Å². The van der Waals surface area contributed by atoms with Crippen molar-refractivity contribution in [3.8, 4) is 0 Å². The van der Waals surface area contributed by atoms with Gasteiger partial charge in [-0.3, -0.25) is 4.79 Å². The van der Waals surface area contributed by atoms with E-state index in [1.54, 1.807) is 0 Å². The molecule has 0 spiro atoms. The van der Waals surface area contributed by atoms with Crippen LogP contribution in [0.5, 0.6) is 0 Å². The Morgan fingerprint density at radius 3 is 2.71 bits per heavy atom. The maximum Gasteiger partial charge on any atom is 0.225 e. The van der Waals surface area contributed by atoms with Crippen molar-refractivity contribution in [2.45, 2.75) is 52.4 Å². The first kappa shape index (κ1) is 13.7. The van der Waals surface area contributed by atoms with Crippen molar-refractivity contribution in [3.63, 3.8) is 0 Å². The van der Waals surface area contributed by atoms with Crippen LogP contribution < -0.4 is 5.32 Å². The SMILES string of the molecule is CCCCCCCC(=O)Nc1cccc(C)n1. The lowest BCUT2D eigenvalue weighted by Crippen LogP contribution is -2.12. The molecule has 0 atom stereocenters. The van der Waals surface area contributed by atoms with E-state index in [4.69, 9.17) is 0 Å². The molecule has 94 valence electrons. The molecule has 0 aliphatic rings. The average molecular weight is 234 g/mol. The number of rotatable bonds is 7. The molecule has 1 heterocycles. The van der Waals surface area contributed by atoms with E-state index >= 15 is 0 Å². The van der Waals surface area contributed by atoms with Crippen molar-refractivity contribution in [1.29, 1.82) is 0 Å². The van der Waals surface area contributed by atoms with Crippen LogP contribution in [0.4, 0.5) is 5.82 Å². The van der Waals surface area contributed by atoms with Gasteiger partial charge in [0.25, 0.3) is 0 Å². The van der Waals surface area contributed by atoms with Gasteiger partial charge in [-0.2, -0.15) is 0 Å². The highest BCUT2D eigenvalue weighted by Crippen LogP contribution is 2.08. The number of aryl methyl sites for hydroxylation is 1. The van der Waals surface area contributed by atoms with Crippen LogP contribution in [-0.2, 0) is 4.79 Å². The van der Waals surface area contributed by atoms with E-state index in [2.05, 4.69) is 17.2 Å². The van der Waals surface area contributed by atoms with Crippen molar-refractivity contribution >= 4 is 11.7 Å². The van der Waals surface area contributed by atoms with E-state index in [-0.39, 0.29) is 5.91 Å². The Labute approximate surface area is 104 Å². The minimum Gasteiger partial charge on any atom is -0.311 e. The Kier molecular flexibility index (Phi) is 6.30. The predicted octanol–water partition coefficient (Wildman–Crippen LogP) is 3.69. The number of hydrogen-bond acceptors (Lipinski definition) is 2. The molecular formula is C14H22N2O. The van der Waals surface area contributed by atoms with Gasteiger partial charge < -0.3 is 5.32 Å². The summed E-state index contributed by atoms with van der Waals surface area (Å²) in [6.45, 7) is 4.11. The van der Waals surface area contributed by atoms with E-state index < -0.39 is 0 Å². The first-order valence-electron chi connectivity index (χ1n) is 6.46. The summed E-state index contributed by atoms with van der Waals surface area (Å²) in [7, 11) is 0. The second-order valence-corrected chi connectivity index (χ2v) is 4.38. The van der Waals surface area contributed by atoms with Crippen LogP contribution in [0.1, 0.15) is 51.1 Å². The van der Waals surface area contributed by atoms with Gasteiger partial charge in [-0.05, 0) is 25.5 Å². The number of amides is 1. The molecule has 0 aliphatic heterocycles. The van der Waals surface area contributed by atoms with Crippen molar-refractivity contribution in [2.24, 2.45) is 0 Å². The average Bonchev–Trinajstić information content (AvgIpc) is 2.29. The highest BCUT2D eigenvalue weighted by atomic mass is 16.1. The van der Waals surface area contributed by atoms with Crippen LogP contribution in [0.3, 0.4) is 0 Å². The highest BCUT2D eigenvalue weighted by molar-refractivity contribution is 5.89. The second kappa shape index (κ2) is 7.82. The van der Waals surface area contributed by atoms with Crippen molar-refractivity contribution in [1.82, 2.24) is 4.98 Å². The van der Waals surface area contributed by atoms with Gasteiger partial charge in [0, 0.05) is 12.1 Å². The molecule has 1 amide bonds. The third-order valence-corrected chi connectivity index (χ3v) is 2.66. The van der Waals surface area contributed by atoms with Gasteiger partial charge in [-0.25, -0.2) is 4.98 Å². The largest absolute Gasteiger partial charge is 0.311 e. The molecule has 17 heavy (non-hydrogen) atoms. The lowest BCUT2D eigenvalue weighted by Gasteiger charge is -2.04. The lowest BCUT2D eigenvalue weighted by molar-refractivity contribution is -0.116. The van der Waals surface area contributed by atoms with Gasteiger partial charge in [0.05, 0.1) is 0 Å². The van der Waals surface area contributed by atoms with Crippen LogP contribution >= 0.6 is 0 Å². The molecule has 1 N–H and O–H groups in total. The maximum atomic E-state index is 11.6. The number of pyridine rings is 1. The summed E-state index contributed by atoms with van der Waals surface area (Å²) in [5.74, 6) is 0.725. The maximum absolute atomic E-state index is 11.6. The fraction of sp³-hybridized carbons (Fsp3) is 0.571. The number of carbonyl (C=O) groups excluding carboxylic acids is 1. The quantitative estimate of drug-likeness (QED) is 0.731. The van der Waals surface area contributed by atoms with Crippen molar-refractivity contribution in [3.05, 3.63) is 23.9 Å². The summed E-state index contributed by atoms with van der Waals surface area (Å²) in [4.78, 5) is 15.8. The molecule has 0 saturated carbocycles. The number of unbranched alkanes of at least 4 members (excludes halogenated alkanes) is 4. The Morgan fingerprint density at radius 1 is 1.24 bits per heavy atom. The first-order chi connectivity index (χ1) is 8.22. The molecule has 3 heteroatoms. The van der Waals surface area contributed by atoms with Crippen LogP contribution in [0.25, 0.3) is 0 Å². The standard InChI is InChI=1S/C14H22N2O/c1-3-4-5-6-7-11-14(17)16-13-10-8-9-12(2)15-13/h8-10H,3-7,11H2,1-2H3,(H,15,16,17). The Hall–Kier alpha value is -1.38. The normalized spacial score (nSPS) is 10.2. The van der Waals surface area contributed by atoms with Crippen LogP contribution in [0, 0.1) is 6.92 Å². The van der Waals surface area contributed by atoms with E-state index in [9.17, 15) is 4.79 Å². The monoisotopic (exact) mass is 234 g/mol. The number of nitrogens with one attached hydrogen (secondary N) is 1. The van der Waals surface area contributed by atoms with E-state index in [1.165, 1.54) is 19.3 Å². The zero-order valence-corrected chi connectivity index (χ0v) is 10.8. The summed E-state index contributed by atoms with van der Waals surface area (Å²) >= 11 is 0. The molecular weight excluding hydrogens is 212 g/mol. The number of hydrogen-bond donors (Lipinski definition) is 1. The third-order valence-electron chi connectivity index (χ3n) is 2.66. The third kappa shape index (κ3) is 6.05. The van der Waals surface area contributed by atoms with Crippen LogP contribution in [-0.4, -0.2) is 10.9 Å². The fourth-order valence-electron chi connectivity index (χ4n) is 1.71. The van der Waals surface area contributed by atoms with Gasteiger partial charge in [-0.15, -0.1) is 0 Å². The molecule has 3 nitrogen and oxygen atoms in total. The van der Waals surface area contributed by atoms with E-state index in [0.29, 0.717) is 12.2 Å². The number of carbonyl (C=O) groups is 1.